The lowest BCUT2D eigenvalue weighted by Gasteiger charge is -2.14. The summed E-state index contributed by atoms with van der Waals surface area (Å²) < 4.78 is 4.94. The van der Waals surface area contributed by atoms with Gasteiger partial charge in [-0.1, -0.05) is 56.9 Å². The van der Waals surface area contributed by atoms with Crippen LogP contribution in [-0.4, -0.2) is 12.6 Å². The summed E-state index contributed by atoms with van der Waals surface area (Å²) in [5.74, 6) is 1.52. The van der Waals surface area contributed by atoms with Crippen molar-refractivity contribution in [1.82, 2.24) is 0 Å². The maximum Gasteiger partial charge on any atom is 0.302 e. The SMILES string of the molecule is CCCCCCC=C[C@@H]1CCC[C@@H]1CC=CCCCCCOC(C)=O. The van der Waals surface area contributed by atoms with Gasteiger partial charge in [0.15, 0.2) is 0 Å². The Morgan fingerprint density at radius 3 is 2.48 bits per heavy atom. The highest BCUT2D eigenvalue weighted by Crippen LogP contribution is 2.35. The summed E-state index contributed by atoms with van der Waals surface area (Å²) in [5, 5.41) is 0. The van der Waals surface area contributed by atoms with Crippen LogP contribution in [0.15, 0.2) is 24.3 Å². The van der Waals surface area contributed by atoms with E-state index in [-0.39, 0.29) is 5.97 Å². The molecule has 0 saturated heterocycles. The molecular formula is C23H40O2. The first kappa shape index (κ1) is 22.0. The molecule has 2 nitrogen and oxygen atoms in total. The predicted molar refractivity (Wildman–Crippen MR) is 108 cm³/mol. The number of rotatable bonds is 14. The second-order valence-corrected chi connectivity index (χ2v) is 7.53. The van der Waals surface area contributed by atoms with Crippen LogP contribution in [0, 0.1) is 11.8 Å². The monoisotopic (exact) mass is 348 g/mol. The Bertz CT molecular complexity index is 384. The summed E-state index contributed by atoms with van der Waals surface area (Å²) in [6, 6.07) is 0. The molecule has 1 rings (SSSR count). The van der Waals surface area contributed by atoms with Crippen LogP contribution in [0.25, 0.3) is 0 Å². The van der Waals surface area contributed by atoms with Crippen LogP contribution in [0.5, 0.6) is 0 Å². The van der Waals surface area contributed by atoms with Gasteiger partial charge < -0.3 is 4.74 Å². The van der Waals surface area contributed by atoms with Crippen molar-refractivity contribution in [2.45, 2.75) is 97.3 Å². The Labute approximate surface area is 156 Å². The highest BCUT2D eigenvalue weighted by molar-refractivity contribution is 5.65. The van der Waals surface area contributed by atoms with E-state index in [1.807, 2.05) is 0 Å². The first-order valence-corrected chi connectivity index (χ1v) is 10.7. The molecular weight excluding hydrogens is 308 g/mol. The van der Waals surface area contributed by atoms with E-state index >= 15 is 0 Å². The van der Waals surface area contributed by atoms with Gasteiger partial charge in [-0.05, 0) is 69.6 Å². The Morgan fingerprint density at radius 2 is 1.72 bits per heavy atom. The average molecular weight is 349 g/mol. The van der Waals surface area contributed by atoms with Crippen molar-refractivity contribution in [3.05, 3.63) is 24.3 Å². The lowest BCUT2D eigenvalue weighted by molar-refractivity contribution is -0.141. The summed E-state index contributed by atoms with van der Waals surface area (Å²) >= 11 is 0. The van der Waals surface area contributed by atoms with E-state index in [4.69, 9.17) is 4.74 Å². The zero-order valence-corrected chi connectivity index (χ0v) is 16.7. The predicted octanol–water partition coefficient (Wildman–Crippen LogP) is 7.00. The molecule has 0 aromatic rings. The number of hydrogen-bond acceptors (Lipinski definition) is 2. The highest BCUT2D eigenvalue weighted by atomic mass is 16.5. The van der Waals surface area contributed by atoms with Gasteiger partial charge >= 0.3 is 5.97 Å². The molecule has 0 aromatic carbocycles. The number of carbonyl (C=O) groups is 1. The molecule has 0 bridgehead atoms. The van der Waals surface area contributed by atoms with E-state index in [1.54, 1.807) is 0 Å². The molecule has 0 radical (unpaired) electrons. The average Bonchev–Trinajstić information content (AvgIpc) is 3.03. The van der Waals surface area contributed by atoms with Crippen molar-refractivity contribution in [3.63, 3.8) is 0 Å². The summed E-state index contributed by atoms with van der Waals surface area (Å²) in [4.78, 5) is 10.7. The molecule has 1 saturated carbocycles. The van der Waals surface area contributed by atoms with Crippen LogP contribution in [0.2, 0.25) is 0 Å². The van der Waals surface area contributed by atoms with Crippen LogP contribution in [0.4, 0.5) is 0 Å². The summed E-state index contributed by atoms with van der Waals surface area (Å²) in [7, 11) is 0. The third-order valence-electron chi connectivity index (χ3n) is 5.25. The molecule has 1 aliphatic carbocycles. The van der Waals surface area contributed by atoms with Crippen LogP contribution in [-0.2, 0) is 9.53 Å². The van der Waals surface area contributed by atoms with Crippen LogP contribution < -0.4 is 0 Å². The summed E-state index contributed by atoms with van der Waals surface area (Å²) in [6.07, 6.45) is 26.4. The number of esters is 1. The van der Waals surface area contributed by atoms with Gasteiger partial charge in [-0.2, -0.15) is 0 Å². The quantitative estimate of drug-likeness (QED) is 0.192. The number of carbonyl (C=O) groups excluding carboxylic acids is 1. The van der Waals surface area contributed by atoms with Crippen molar-refractivity contribution in [3.8, 4) is 0 Å². The minimum atomic E-state index is -0.166. The normalized spacial score (nSPS) is 20.7. The van der Waals surface area contributed by atoms with Crippen LogP contribution >= 0.6 is 0 Å². The van der Waals surface area contributed by atoms with Gasteiger partial charge in [0, 0.05) is 6.92 Å². The van der Waals surface area contributed by atoms with Crippen molar-refractivity contribution >= 4 is 5.97 Å². The molecule has 1 fully saturated rings. The van der Waals surface area contributed by atoms with Gasteiger partial charge in [0.2, 0.25) is 0 Å². The van der Waals surface area contributed by atoms with Gasteiger partial charge in [0.25, 0.3) is 0 Å². The summed E-state index contributed by atoms with van der Waals surface area (Å²) in [6.45, 7) is 4.32. The minimum absolute atomic E-state index is 0.166. The van der Waals surface area contributed by atoms with Crippen molar-refractivity contribution in [2.24, 2.45) is 11.8 Å². The third kappa shape index (κ3) is 12.0. The molecule has 0 aromatic heterocycles. The van der Waals surface area contributed by atoms with Crippen molar-refractivity contribution in [1.29, 1.82) is 0 Å². The van der Waals surface area contributed by atoms with E-state index < -0.39 is 0 Å². The lowest BCUT2D eigenvalue weighted by atomic mass is 9.92. The third-order valence-corrected chi connectivity index (χ3v) is 5.25. The number of ether oxygens (including phenoxy) is 1. The number of allylic oxidation sites excluding steroid dienone is 4. The first-order valence-electron chi connectivity index (χ1n) is 10.7. The van der Waals surface area contributed by atoms with Gasteiger partial charge in [-0.3, -0.25) is 4.79 Å². The van der Waals surface area contributed by atoms with Gasteiger partial charge in [0.1, 0.15) is 0 Å². The maximum absolute atomic E-state index is 10.7. The van der Waals surface area contributed by atoms with E-state index in [0.717, 1.165) is 31.1 Å². The maximum atomic E-state index is 10.7. The number of hydrogen-bond donors (Lipinski definition) is 0. The molecule has 0 heterocycles. The van der Waals surface area contributed by atoms with E-state index in [2.05, 4.69) is 31.2 Å². The molecule has 0 spiro atoms. The van der Waals surface area contributed by atoms with Crippen molar-refractivity contribution in [2.75, 3.05) is 6.61 Å². The fourth-order valence-electron chi connectivity index (χ4n) is 3.72. The van der Waals surface area contributed by atoms with Gasteiger partial charge in [-0.25, -0.2) is 0 Å². The Kier molecular flexibility index (Phi) is 13.4. The van der Waals surface area contributed by atoms with E-state index in [9.17, 15) is 4.79 Å². The second kappa shape index (κ2) is 15.2. The molecule has 2 heteroatoms. The number of unbranched alkanes of at least 4 members (excludes halogenated alkanes) is 7. The fraction of sp³-hybridized carbons (Fsp3) is 0.783. The molecule has 144 valence electrons. The molecule has 0 aliphatic heterocycles. The zero-order valence-electron chi connectivity index (χ0n) is 16.7. The Balaban J connectivity index is 2.06. The Hall–Kier alpha value is -1.05. The molecule has 0 unspecified atom stereocenters. The topological polar surface area (TPSA) is 26.3 Å². The second-order valence-electron chi connectivity index (χ2n) is 7.53. The van der Waals surface area contributed by atoms with Crippen LogP contribution in [0.1, 0.15) is 97.3 Å². The molecule has 0 amide bonds. The van der Waals surface area contributed by atoms with E-state index in [1.165, 1.54) is 71.1 Å². The lowest BCUT2D eigenvalue weighted by Crippen LogP contribution is -2.03. The molecule has 2 atom stereocenters. The summed E-state index contributed by atoms with van der Waals surface area (Å²) in [5.41, 5.74) is 0. The standard InChI is InChI=1S/C23H40O2/c1-3-4-5-6-9-12-16-22-18-15-19-23(22)17-13-10-7-8-11-14-20-25-21(2)24/h10,12-13,16,22-23H,3-9,11,14-15,17-20H2,1-2H3/t22-,23+/m1/s1. The largest absolute Gasteiger partial charge is 0.466 e. The smallest absolute Gasteiger partial charge is 0.302 e. The zero-order chi connectivity index (χ0) is 18.2. The molecule has 1 aliphatic rings. The van der Waals surface area contributed by atoms with Crippen molar-refractivity contribution < 1.29 is 9.53 Å². The fourth-order valence-corrected chi connectivity index (χ4v) is 3.72. The first-order chi connectivity index (χ1) is 12.2. The Morgan fingerprint density at radius 1 is 0.960 bits per heavy atom. The van der Waals surface area contributed by atoms with Gasteiger partial charge in [0.05, 0.1) is 6.61 Å². The molecule has 25 heavy (non-hydrogen) atoms. The molecule has 0 N–H and O–H groups in total. The minimum Gasteiger partial charge on any atom is -0.466 e. The van der Waals surface area contributed by atoms with Gasteiger partial charge in [-0.15, -0.1) is 0 Å². The van der Waals surface area contributed by atoms with E-state index in [0.29, 0.717) is 6.61 Å². The highest BCUT2D eigenvalue weighted by Gasteiger charge is 2.23. The van der Waals surface area contributed by atoms with Crippen LogP contribution in [0.3, 0.4) is 0 Å².